The third-order valence-corrected chi connectivity index (χ3v) is 4.87. The molecule has 0 radical (unpaired) electrons. The van der Waals surface area contributed by atoms with E-state index in [-0.39, 0.29) is 23.9 Å². The van der Waals surface area contributed by atoms with Crippen LogP contribution in [0.1, 0.15) is 23.5 Å². The number of aromatic nitrogens is 1. The van der Waals surface area contributed by atoms with E-state index in [9.17, 15) is 9.59 Å². The van der Waals surface area contributed by atoms with Crippen molar-refractivity contribution in [1.82, 2.24) is 4.57 Å². The fourth-order valence-electron chi connectivity index (χ4n) is 3.09. The molecule has 3 heterocycles. The van der Waals surface area contributed by atoms with Gasteiger partial charge in [-0.25, -0.2) is 0 Å². The Morgan fingerprint density at radius 3 is 2.82 bits per heavy atom. The van der Waals surface area contributed by atoms with Crippen LogP contribution in [0.25, 0.3) is 10.9 Å². The summed E-state index contributed by atoms with van der Waals surface area (Å²) in [7, 11) is 1.76. The summed E-state index contributed by atoms with van der Waals surface area (Å²) in [4.78, 5) is 24.9. The van der Waals surface area contributed by atoms with E-state index < -0.39 is 0 Å². The molecular formula is C17H13NO3S. The molecule has 1 atom stereocenters. The van der Waals surface area contributed by atoms with Crippen molar-refractivity contribution in [3.63, 3.8) is 0 Å². The number of esters is 1. The van der Waals surface area contributed by atoms with Gasteiger partial charge in [0.2, 0.25) is 0 Å². The van der Waals surface area contributed by atoms with E-state index in [2.05, 4.69) is 0 Å². The Morgan fingerprint density at radius 1 is 1.23 bits per heavy atom. The van der Waals surface area contributed by atoms with Gasteiger partial charge >= 0.3 is 5.97 Å². The molecule has 0 N–H and O–H groups in total. The maximum Gasteiger partial charge on any atom is 0.312 e. The Hall–Kier alpha value is -2.40. The number of hydrogen-bond donors (Lipinski definition) is 0. The molecule has 0 amide bonds. The van der Waals surface area contributed by atoms with Gasteiger partial charge in [-0.1, -0.05) is 12.1 Å². The van der Waals surface area contributed by atoms with Crippen molar-refractivity contribution in [1.29, 1.82) is 0 Å². The van der Waals surface area contributed by atoms with Gasteiger partial charge in [0.1, 0.15) is 5.75 Å². The van der Waals surface area contributed by atoms with Crippen LogP contribution in [0, 0.1) is 0 Å². The number of ether oxygens (including phenoxy) is 1. The molecule has 0 fully saturated rings. The standard InChI is InChI=1S/C17H13NO3S/c1-18-13-5-3-2-4-11(13)16-15(17(18)20)12(8-14(19)21-16)10-6-7-22-9-10/h2-7,9,12H,8H2,1H3/t12-/m0/s1. The van der Waals surface area contributed by atoms with Gasteiger partial charge in [0.15, 0.2) is 0 Å². The predicted molar refractivity (Wildman–Crippen MR) is 85.6 cm³/mol. The number of para-hydroxylation sites is 1. The second-order valence-electron chi connectivity index (χ2n) is 5.41. The number of thiophene rings is 1. The average molecular weight is 311 g/mol. The first-order valence-electron chi connectivity index (χ1n) is 7.01. The van der Waals surface area contributed by atoms with Crippen LogP contribution in [0.4, 0.5) is 0 Å². The molecule has 0 saturated carbocycles. The lowest BCUT2D eigenvalue weighted by Crippen LogP contribution is -2.31. The van der Waals surface area contributed by atoms with Crippen LogP contribution < -0.4 is 10.3 Å². The maximum absolute atomic E-state index is 12.8. The zero-order valence-electron chi connectivity index (χ0n) is 11.9. The van der Waals surface area contributed by atoms with Crippen molar-refractivity contribution in [2.24, 2.45) is 7.05 Å². The van der Waals surface area contributed by atoms with Crippen molar-refractivity contribution in [2.75, 3.05) is 0 Å². The molecule has 1 aliphatic rings. The predicted octanol–water partition coefficient (Wildman–Crippen LogP) is 3.04. The molecule has 0 saturated heterocycles. The first-order chi connectivity index (χ1) is 10.7. The van der Waals surface area contributed by atoms with E-state index >= 15 is 0 Å². The molecule has 0 bridgehead atoms. The molecule has 5 heteroatoms. The van der Waals surface area contributed by atoms with Crippen LogP contribution in [0.3, 0.4) is 0 Å². The number of aryl methyl sites for hydroxylation is 1. The lowest BCUT2D eigenvalue weighted by atomic mass is 9.87. The van der Waals surface area contributed by atoms with Gasteiger partial charge in [-0.2, -0.15) is 11.3 Å². The largest absolute Gasteiger partial charge is 0.425 e. The normalized spacial score (nSPS) is 17.3. The summed E-state index contributed by atoms with van der Waals surface area (Å²) < 4.78 is 7.09. The second kappa shape index (κ2) is 4.81. The molecule has 3 aromatic rings. The first-order valence-corrected chi connectivity index (χ1v) is 7.95. The number of benzene rings is 1. The molecule has 110 valence electrons. The van der Waals surface area contributed by atoms with Crippen molar-refractivity contribution in [2.45, 2.75) is 12.3 Å². The Labute approximate surface area is 130 Å². The van der Waals surface area contributed by atoms with E-state index in [0.717, 1.165) is 16.5 Å². The quantitative estimate of drug-likeness (QED) is 0.649. The van der Waals surface area contributed by atoms with Crippen molar-refractivity contribution in [3.8, 4) is 5.75 Å². The molecule has 2 aromatic heterocycles. The first kappa shape index (κ1) is 13.3. The molecule has 0 unspecified atom stereocenters. The smallest absolute Gasteiger partial charge is 0.312 e. The van der Waals surface area contributed by atoms with Gasteiger partial charge in [0.25, 0.3) is 5.56 Å². The third-order valence-electron chi connectivity index (χ3n) is 4.17. The SMILES string of the molecule is Cn1c(=O)c2c(c3ccccc31)OC(=O)C[C@H]2c1ccsc1. The molecule has 4 rings (SSSR count). The van der Waals surface area contributed by atoms with Gasteiger partial charge in [-0.15, -0.1) is 0 Å². The Kier molecular flexibility index (Phi) is 2.90. The summed E-state index contributed by atoms with van der Waals surface area (Å²) in [6.45, 7) is 0. The van der Waals surface area contributed by atoms with Crippen molar-refractivity contribution >= 4 is 28.2 Å². The summed E-state index contributed by atoms with van der Waals surface area (Å²) in [5.41, 5.74) is 2.25. The zero-order valence-corrected chi connectivity index (χ0v) is 12.7. The van der Waals surface area contributed by atoms with Crippen molar-refractivity contribution in [3.05, 3.63) is 62.6 Å². The molecule has 4 nitrogen and oxygen atoms in total. The number of carbonyl (C=O) groups excluding carboxylic acids is 1. The fraction of sp³-hybridized carbons (Fsp3) is 0.176. The van der Waals surface area contributed by atoms with E-state index in [1.165, 1.54) is 0 Å². The minimum Gasteiger partial charge on any atom is -0.425 e. The number of fused-ring (bicyclic) bond motifs is 3. The van der Waals surface area contributed by atoms with E-state index in [0.29, 0.717) is 11.3 Å². The highest BCUT2D eigenvalue weighted by atomic mass is 32.1. The summed E-state index contributed by atoms with van der Waals surface area (Å²) in [5.74, 6) is -0.0981. The number of nitrogens with zero attached hydrogens (tertiary/aromatic N) is 1. The van der Waals surface area contributed by atoms with Gasteiger partial charge in [0.05, 0.1) is 17.5 Å². The highest BCUT2D eigenvalue weighted by Crippen LogP contribution is 2.40. The van der Waals surface area contributed by atoms with Crippen LogP contribution in [-0.4, -0.2) is 10.5 Å². The van der Waals surface area contributed by atoms with Gasteiger partial charge in [0, 0.05) is 18.4 Å². The second-order valence-corrected chi connectivity index (χ2v) is 6.19. The Bertz CT molecular complexity index is 940. The minimum atomic E-state index is -0.290. The Balaban J connectivity index is 2.11. The number of rotatable bonds is 1. The molecule has 0 aliphatic carbocycles. The summed E-state index contributed by atoms with van der Waals surface area (Å²) in [6.07, 6.45) is 0.206. The van der Waals surface area contributed by atoms with Gasteiger partial charge < -0.3 is 9.30 Å². The van der Waals surface area contributed by atoms with Gasteiger partial charge in [-0.3, -0.25) is 9.59 Å². The lowest BCUT2D eigenvalue weighted by molar-refractivity contribution is -0.135. The molecule has 1 aromatic carbocycles. The summed E-state index contributed by atoms with van der Waals surface area (Å²) >= 11 is 1.56. The zero-order chi connectivity index (χ0) is 15.3. The Morgan fingerprint density at radius 2 is 2.05 bits per heavy atom. The fourth-order valence-corrected chi connectivity index (χ4v) is 3.80. The van der Waals surface area contributed by atoms with Crippen LogP contribution in [0.5, 0.6) is 5.75 Å². The minimum absolute atomic E-state index is 0.0996. The third kappa shape index (κ3) is 1.82. The average Bonchev–Trinajstić information content (AvgIpc) is 3.06. The number of carbonyl (C=O) groups is 1. The summed E-state index contributed by atoms with van der Waals surface area (Å²) in [6, 6.07) is 9.46. The lowest BCUT2D eigenvalue weighted by Gasteiger charge is -2.25. The van der Waals surface area contributed by atoms with Crippen LogP contribution >= 0.6 is 11.3 Å². The number of hydrogen-bond acceptors (Lipinski definition) is 4. The molecule has 0 spiro atoms. The van der Waals surface area contributed by atoms with Crippen LogP contribution in [0.15, 0.2) is 45.9 Å². The van der Waals surface area contributed by atoms with Crippen LogP contribution in [0.2, 0.25) is 0 Å². The molecule has 1 aliphatic heterocycles. The topological polar surface area (TPSA) is 48.3 Å². The van der Waals surface area contributed by atoms with Crippen LogP contribution in [-0.2, 0) is 11.8 Å². The van der Waals surface area contributed by atoms with E-state index in [4.69, 9.17) is 4.74 Å². The monoisotopic (exact) mass is 311 g/mol. The highest BCUT2D eigenvalue weighted by molar-refractivity contribution is 7.08. The summed E-state index contributed by atoms with van der Waals surface area (Å²) in [5, 5.41) is 4.75. The number of pyridine rings is 1. The molecular weight excluding hydrogens is 298 g/mol. The van der Waals surface area contributed by atoms with E-state index in [1.54, 1.807) is 23.0 Å². The van der Waals surface area contributed by atoms with Crippen molar-refractivity contribution < 1.29 is 9.53 Å². The van der Waals surface area contributed by atoms with E-state index in [1.807, 2.05) is 41.1 Å². The molecule has 22 heavy (non-hydrogen) atoms. The van der Waals surface area contributed by atoms with Gasteiger partial charge in [-0.05, 0) is 34.5 Å². The highest BCUT2D eigenvalue weighted by Gasteiger charge is 2.33. The maximum atomic E-state index is 12.8.